The zero-order chi connectivity index (χ0) is 15.9. The van der Waals surface area contributed by atoms with Gasteiger partial charge in [-0.3, -0.25) is 9.89 Å². The number of hydrogen-bond donors (Lipinski definition) is 1. The lowest BCUT2D eigenvalue weighted by Gasteiger charge is -2.37. The average Bonchev–Trinajstić information content (AvgIpc) is 2.99. The molecule has 2 aliphatic rings. The van der Waals surface area contributed by atoms with E-state index in [1.54, 1.807) is 0 Å². The van der Waals surface area contributed by atoms with Crippen LogP contribution >= 0.6 is 24.0 Å². The Labute approximate surface area is 158 Å². The third kappa shape index (κ3) is 6.72. The first-order chi connectivity index (χ1) is 10.6. The topological polar surface area (TPSA) is 43.3 Å². The van der Waals surface area contributed by atoms with E-state index in [0.29, 0.717) is 12.0 Å². The first-order valence-electron chi connectivity index (χ1n) is 8.56. The van der Waals surface area contributed by atoms with Crippen molar-refractivity contribution in [2.75, 3.05) is 73.6 Å². The molecule has 0 saturated carbocycles. The van der Waals surface area contributed by atoms with Crippen LogP contribution in [0.3, 0.4) is 0 Å². The van der Waals surface area contributed by atoms with Gasteiger partial charge < -0.3 is 19.9 Å². The summed E-state index contributed by atoms with van der Waals surface area (Å²) < 4.78 is 5.48. The van der Waals surface area contributed by atoms with E-state index in [-0.39, 0.29) is 24.0 Å². The van der Waals surface area contributed by atoms with Crippen molar-refractivity contribution in [3.8, 4) is 0 Å². The molecule has 2 saturated heterocycles. The van der Waals surface area contributed by atoms with Gasteiger partial charge in [0.15, 0.2) is 5.96 Å². The first kappa shape index (κ1) is 20.9. The average molecular weight is 439 g/mol. The summed E-state index contributed by atoms with van der Waals surface area (Å²) in [6.07, 6.45) is 1.17. The van der Waals surface area contributed by atoms with E-state index in [9.17, 15) is 0 Å². The normalized spacial score (nSPS) is 26.9. The Hall–Kier alpha value is -0.120. The van der Waals surface area contributed by atoms with Crippen LogP contribution in [0.25, 0.3) is 0 Å². The molecule has 0 radical (unpaired) electrons. The van der Waals surface area contributed by atoms with Crippen molar-refractivity contribution in [2.45, 2.75) is 19.4 Å². The third-order valence-corrected chi connectivity index (χ3v) is 4.68. The number of likely N-dealkylation sites (N-methyl/N-ethyl adjacent to an activating group) is 2. The Kier molecular flexibility index (Phi) is 9.72. The van der Waals surface area contributed by atoms with Crippen molar-refractivity contribution in [1.82, 2.24) is 20.0 Å². The summed E-state index contributed by atoms with van der Waals surface area (Å²) in [6.45, 7) is 10.1. The van der Waals surface area contributed by atoms with Crippen molar-refractivity contribution in [2.24, 2.45) is 10.9 Å². The Balaban J connectivity index is 0.00000264. The number of halogens is 1. The Morgan fingerprint density at radius 2 is 2.13 bits per heavy atom. The molecule has 2 fully saturated rings. The molecule has 136 valence electrons. The van der Waals surface area contributed by atoms with Crippen molar-refractivity contribution in [1.29, 1.82) is 0 Å². The van der Waals surface area contributed by atoms with Crippen LogP contribution in [-0.4, -0.2) is 100 Å². The second-order valence-electron chi connectivity index (χ2n) is 6.70. The molecule has 2 aliphatic heterocycles. The second-order valence-corrected chi connectivity index (χ2v) is 6.70. The molecule has 6 nitrogen and oxygen atoms in total. The van der Waals surface area contributed by atoms with E-state index in [2.05, 4.69) is 48.1 Å². The minimum atomic E-state index is 0. The molecular weight excluding hydrogens is 405 g/mol. The maximum Gasteiger partial charge on any atom is 0.193 e. The van der Waals surface area contributed by atoms with Crippen LogP contribution in [0.5, 0.6) is 0 Å². The minimum Gasteiger partial charge on any atom is -0.381 e. The van der Waals surface area contributed by atoms with Gasteiger partial charge in [0.1, 0.15) is 0 Å². The molecule has 0 amide bonds. The van der Waals surface area contributed by atoms with Gasteiger partial charge in [-0.1, -0.05) is 0 Å². The number of hydrogen-bond acceptors (Lipinski definition) is 4. The molecule has 0 aromatic heterocycles. The summed E-state index contributed by atoms with van der Waals surface area (Å²) in [6, 6.07) is 0.510. The highest BCUT2D eigenvalue weighted by Gasteiger charge is 2.23. The first-order valence-corrected chi connectivity index (χ1v) is 8.56. The van der Waals surface area contributed by atoms with Crippen LogP contribution in [0, 0.1) is 5.92 Å². The van der Waals surface area contributed by atoms with Gasteiger partial charge in [-0.05, 0) is 27.4 Å². The summed E-state index contributed by atoms with van der Waals surface area (Å²) in [4.78, 5) is 12.0. The Morgan fingerprint density at radius 3 is 2.78 bits per heavy atom. The zero-order valence-electron chi connectivity index (χ0n) is 15.1. The van der Waals surface area contributed by atoms with Crippen molar-refractivity contribution < 1.29 is 4.74 Å². The second kappa shape index (κ2) is 10.7. The van der Waals surface area contributed by atoms with Crippen molar-refractivity contribution in [3.63, 3.8) is 0 Å². The van der Waals surface area contributed by atoms with Crippen molar-refractivity contribution in [3.05, 3.63) is 0 Å². The molecule has 0 spiro atoms. The van der Waals surface area contributed by atoms with Crippen molar-refractivity contribution >= 4 is 29.9 Å². The van der Waals surface area contributed by atoms with Gasteiger partial charge in [0.2, 0.25) is 0 Å². The number of guanidine groups is 1. The SMILES string of the molecule is CCNC(=NCC1CN(C)CCN1C)N(C)CC1CCOC1.I. The summed E-state index contributed by atoms with van der Waals surface area (Å²) in [5, 5.41) is 3.42. The summed E-state index contributed by atoms with van der Waals surface area (Å²) in [5.74, 6) is 1.66. The highest BCUT2D eigenvalue weighted by Crippen LogP contribution is 2.13. The van der Waals surface area contributed by atoms with Crippen LogP contribution in [0.4, 0.5) is 0 Å². The van der Waals surface area contributed by atoms with Gasteiger partial charge in [-0.25, -0.2) is 0 Å². The molecule has 2 rings (SSSR count). The van der Waals surface area contributed by atoms with E-state index in [1.165, 1.54) is 6.42 Å². The fourth-order valence-electron chi connectivity index (χ4n) is 3.16. The third-order valence-electron chi connectivity index (χ3n) is 4.68. The number of piperazine rings is 1. The molecular formula is C16H34IN5O. The molecule has 7 heteroatoms. The number of aliphatic imine (C=N–C) groups is 1. The maximum absolute atomic E-state index is 5.48. The van der Waals surface area contributed by atoms with Crippen LogP contribution in [0.2, 0.25) is 0 Å². The van der Waals surface area contributed by atoms with E-state index < -0.39 is 0 Å². The van der Waals surface area contributed by atoms with Crippen LogP contribution < -0.4 is 5.32 Å². The smallest absolute Gasteiger partial charge is 0.193 e. The van der Waals surface area contributed by atoms with Gasteiger partial charge in [-0.2, -0.15) is 0 Å². The van der Waals surface area contributed by atoms with Crippen LogP contribution in [0.15, 0.2) is 4.99 Å². The molecule has 2 unspecified atom stereocenters. The lowest BCUT2D eigenvalue weighted by molar-refractivity contribution is 0.119. The quantitative estimate of drug-likeness (QED) is 0.390. The lowest BCUT2D eigenvalue weighted by atomic mass is 10.1. The maximum atomic E-state index is 5.48. The predicted molar refractivity (Wildman–Crippen MR) is 107 cm³/mol. The molecule has 2 atom stereocenters. The van der Waals surface area contributed by atoms with E-state index >= 15 is 0 Å². The molecule has 2 heterocycles. The van der Waals surface area contributed by atoms with E-state index in [4.69, 9.17) is 9.73 Å². The fourth-order valence-corrected chi connectivity index (χ4v) is 3.16. The van der Waals surface area contributed by atoms with Gasteiger partial charge in [0.25, 0.3) is 0 Å². The molecule has 0 aliphatic carbocycles. The number of rotatable bonds is 5. The standard InChI is InChI=1S/C16H33N5O.HI/c1-5-17-16(21(4)11-14-6-9-22-13-14)18-10-15-12-19(2)7-8-20(15)3;/h14-15H,5-13H2,1-4H3,(H,17,18);1H. The zero-order valence-corrected chi connectivity index (χ0v) is 17.5. The molecule has 0 aromatic carbocycles. The monoisotopic (exact) mass is 439 g/mol. The summed E-state index contributed by atoms with van der Waals surface area (Å²) >= 11 is 0. The Morgan fingerprint density at radius 1 is 1.35 bits per heavy atom. The van der Waals surface area contributed by atoms with Gasteiger partial charge >= 0.3 is 0 Å². The van der Waals surface area contributed by atoms with Crippen LogP contribution in [0.1, 0.15) is 13.3 Å². The van der Waals surface area contributed by atoms with E-state index in [0.717, 1.165) is 58.4 Å². The lowest BCUT2D eigenvalue weighted by Crippen LogP contribution is -2.51. The molecule has 23 heavy (non-hydrogen) atoms. The number of nitrogens with zero attached hydrogens (tertiary/aromatic N) is 4. The fraction of sp³-hybridized carbons (Fsp3) is 0.938. The minimum absolute atomic E-state index is 0. The molecule has 1 N–H and O–H groups in total. The van der Waals surface area contributed by atoms with Gasteiger partial charge in [-0.15, -0.1) is 24.0 Å². The highest BCUT2D eigenvalue weighted by molar-refractivity contribution is 14.0. The Bertz CT molecular complexity index is 362. The van der Waals surface area contributed by atoms with Gasteiger partial charge in [0, 0.05) is 58.3 Å². The predicted octanol–water partition coefficient (Wildman–Crippen LogP) is 0.784. The summed E-state index contributed by atoms with van der Waals surface area (Å²) in [5.41, 5.74) is 0. The number of ether oxygens (including phenoxy) is 1. The van der Waals surface area contributed by atoms with Gasteiger partial charge in [0.05, 0.1) is 13.2 Å². The van der Waals surface area contributed by atoms with Crippen LogP contribution in [-0.2, 0) is 4.74 Å². The number of nitrogens with one attached hydrogen (secondary N) is 1. The van der Waals surface area contributed by atoms with E-state index in [1.807, 2.05) is 0 Å². The summed E-state index contributed by atoms with van der Waals surface area (Å²) in [7, 11) is 6.54. The molecule has 0 aromatic rings. The largest absolute Gasteiger partial charge is 0.381 e. The molecule has 0 bridgehead atoms. The highest BCUT2D eigenvalue weighted by atomic mass is 127.